The number of fused-ring (bicyclic) bond motifs is 2. The summed E-state index contributed by atoms with van der Waals surface area (Å²) in [5.41, 5.74) is 4.10. The van der Waals surface area contributed by atoms with E-state index in [1.54, 1.807) is 12.1 Å². The van der Waals surface area contributed by atoms with E-state index in [9.17, 15) is 4.79 Å². The fraction of sp³-hybridized carbons (Fsp3) is 0.267. The third-order valence-electron chi connectivity index (χ3n) is 3.85. The summed E-state index contributed by atoms with van der Waals surface area (Å²) >= 11 is 12.0. The topological polar surface area (TPSA) is 42.9 Å². The molecule has 3 rings (SSSR count). The molecule has 3 nitrogen and oxygen atoms in total. The molecule has 0 fully saturated rings. The van der Waals surface area contributed by atoms with E-state index in [2.05, 4.69) is 9.97 Å². The Kier molecular flexibility index (Phi) is 2.89. The molecule has 0 saturated carbocycles. The minimum Gasteiger partial charge on any atom is -0.298 e. The van der Waals surface area contributed by atoms with Crippen LogP contribution in [-0.4, -0.2) is 16.3 Å². The predicted molar refractivity (Wildman–Crippen MR) is 81.2 cm³/mol. The number of hydrogen-bond donors (Lipinski definition) is 0. The Balaban J connectivity index is 2.38. The molecule has 0 spiro atoms. The summed E-state index contributed by atoms with van der Waals surface area (Å²) in [4.78, 5) is 20.6. The third kappa shape index (κ3) is 1.70. The van der Waals surface area contributed by atoms with Crippen molar-refractivity contribution >= 4 is 46.1 Å². The Morgan fingerprint density at radius 1 is 1.10 bits per heavy atom. The number of hydrogen-bond acceptors (Lipinski definition) is 3. The average molecular weight is 307 g/mol. The van der Waals surface area contributed by atoms with Gasteiger partial charge < -0.3 is 0 Å². The SMILES string of the molecule is CC1=C(C=O)C(C)(C)c2nc3cc(Cl)c(Cl)cc3nc21. The Bertz CT molecular complexity index is 794. The van der Waals surface area contributed by atoms with Crippen LogP contribution >= 0.6 is 23.2 Å². The molecule has 1 aromatic carbocycles. The highest BCUT2D eigenvalue weighted by atomic mass is 35.5. The van der Waals surface area contributed by atoms with Gasteiger partial charge in [0.2, 0.25) is 0 Å². The van der Waals surface area contributed by atoms with Gasteiger partial charge in [-0.05, 0) is 38.5 Å². The lowest BCUT2D eigenvalue weighted by atomic mass is 9.85. The van der Waals surface area contributed by atoms with E-state index in [0.29, 0.717) is 21.1 Å². The second-order valence-corrected chi connectivity index (χ2v) is 6.27. The molecule has 20 heavy (non-hydrogen) atoms. The van der Waals surface area contributed by atoms with E-state index in [-0.39, 0.29) is 0 Å². The van der Waals surface area contributed by atoms with Crippen molar-refractivity contribution in [3.8, 4) is 0 Å². The molecule has 102 valence electrons. The van der Waals surface area contributed by atoms with Crippen LogP contribution in [0.15, 0.2) is 17.7 Å². The van der Waals surface area contributed by atoms with Gasteiger partial charge in [-0.15, -0.1) is 0 Å². The molecule has 2 aromatic rings. The molecular weight excluding hydrogens is 295 g/mol. The minimum absolute atomic E-state index is 0.436. The number of aromatic nitrogens is 2. The van der Waals surface area contributed by atoms with E-state index >= 15 is 0 Å². The van der Waals surface area contributed by atoms with E-state index < -0.39 is 5.41 Å². The Morgan fingerprint density at radius 2 is 1.65 bits per heavy atom. The molecule has 0 bridgehead atoms. The minimum atomic E-state index is -0.436. The molecular formula is C15H12Cl2N2O. The van der Waals surface area contributed by atoms with Crippen LogP contribution < -0.4 is 0 Å². The lowest BCUT2D eigenvalue weighted by Gasteiger charge is -2.19. The van der Waals surface area contributed by atoms with Crippen LogP contribution in [0, 0.1) is 0 Å². The average Bonchev–Trinajstić information content (AvgIpc) is 2.56. The second kappa shape index (κ2) is 4.27. The van der Waals surface area contributed by atoms with Crippen LogP contribution in [0.5, 0.6) is 0 Å². The van der Waals surface area contributed by atoms with Gasteiger partial charge in [-0.1, -0.05) is 23.2 Å². The molecule has 0 amide bonds. The number of benzene rings is 1. The highest BCUT2D eigenvalue weighted by Gasteiger charge is 2.38. The first kappa shape index (κ1) is 13.5. The summed E-state index contributed by atoms with van der Waals surface area (Å²) in [6, 6.07) is 3.41. The third-order valence-corrected chi connectivity index (χ3v) is 4.57. The number of aldehydes is 1. The van der Waals surface area contributed by atoms with Crippen molar-refractivity contribution in [2.24, 2.45) is 0 Å². The normalized spacial score (nSPS) is 16.6. The van der Waals surface area contributed by atoms with Crippen molar-refractivity contribution in [1.29, 1.82) is 0 Å². The summed E-state index contributed by atoms with van der Waals surface area (Å²) in [6.07, 6.45) is 0.892. The molecule has 0 radical (unpaired) electrons. The van der Waals surface area contributed by atoms with Gasteiger partial charge in [0.1, 0.15) is 6.29 Å². The van der Waals surface area contributed by atoms with Gasteiger partial charge in [0, 0.05) is 11.0 Å². The van der Waals surface area contributed by atoms with Gasteiger partial charge in [-0.3, -0.25) is 4.79 Å². The number of allylic oxidation sites excluding steroid dienone is 2. The molecule has 5 heteroatoms. The monoisotopic (exact) mass is 306 g/mol. The number of nitrogens with zero attached hydrogens (tertiary/aromatic N) is 2. The number of carbonyl (C=O) groups is 1. The lowest BCUT2D eigenvalue weighted by molar-refractivity contribution is -0.105. The van der Waals surface area contributed by atoms with Crippen LogP contribution in [-0.2, 0) is 10.2 Å². The van der Waals surface area contributed by atoms with Gasteiger partial charge in [0.15, 0.2) is 0 Å². The molecule has 1 aliphatic rings. The predicted octanol–water partition coefficient (Wildman–Crippen LogP) is 4.20. The summed E-state index contributed by atoms with van der Waals surface area (Å²) in [5, 5.41) is 0.896. The quantitative estimate of drug-likeness (QED) is 0.742. The van der Waals surface area contributed by atoms with Gasteiger partial charge in [0.25, 0.3) is 0 Å². The van der Waals surface area contributed by atoms with Gasteiger partial charge >= 0.3 is 0 Å². The summed E-state index contributed by atoms with van der Waals surface area (Å²) in [7, 11) is 0. The molecule has 1 aromatic heterocycles. The number of carbonyl (C=O) groups excluding carboxylic acids is 1. The highest BCUT2D eigenvalue weighted by Crippen LogP contribution is 2.44. The Labute approximate surface area is 126 Å². The molecule has 0 atom stereocenters. The largest absolute Gasteiger partial charge is 0.298 e. The first-order valence-electron chi connectivity index (χ1n) is 6.20. The zero-order chi connectivity index (χ0) is 14.7. The summed E-state index contributed by atoms with van der Waals surface area (Å²) < 4.78 is 0. The maximum absolute atomic E-state index is 11.3. The van der Waals surface area contributed by atoms with Crippen molar-refractivity contribution in [3.63, 3.8) is 0 Å². The maximum Gasteiger partial charge on any atom is 0.147 e. The van der Waals surface area contributed by atoms with E-state index in [0.717, 1.165) is 28.8 Å². The van der Waals surface area contributed by atoms with Crippen LogP contribution in [0.1, 0.15) is 32.2 Å². The number of halogens is 2. The zero-order valence-corrected chi connectivity index (χ0v) is 12.8. The maximum atomic E-state index is 11.3. The Morgan fingerprint density at radius 3 is 2.20 bits per heavy atom. The molecule has 1 aliphatic carbocycles. The van der Waals surface area contributed by atoms with E-state index in [1.165, 1.54) is 0 Å². The highest BCUT2D eigenvalue weighted by molar-refractivity contribution is 6.42. The first-order valence-corrected chi connectivity index (χ1v) is 6.96. The Hall–Kier alpha value is -1.45. The van der Waals surface area contributed by atoms with E-state index in [4.69, 9.17) is 23.2 Å². The molecule has 0 aliphatic heterocycles. The number of rotatable bonds is 1. The molecule has 0 unspecified atom stereocenters. The van der Waals surface area contributed by atoms with Crippen molar-refractivity contribution in [2.75, 3.05) is 0 Å². The van der Waals surface area contributed by atoms with Crippen LogP contribution in [0.25, 0.3) is 16.6 Å². The smallest absolute Gasteiger partial charge is 0.147 e. The fourth-order valence-electron chi connectivity index (χ4n) is 2.71. The van der Waals surface area contributed by atoms with Crippen molar-refractivity contribution in [1.82, 2.24) is 9.97 Å². The van der Waals surface area contributed by atoms with Gasteiger partial charge in [-0.2, -0.15) is 0 Å². The van der Waals surface area contributed by atoms with Crippen molar-refractivity contribution in [3.05, 3.63) is 39.1 Å². The van der Waals surface area contributed by atoms with Gasteiger partial charge in [0.05, 0.1) is 32.5 Å². The fourth-order valence-corrected chi connectivity index (χ4v) is 3.02. The lowest BCUT2D eigenvalue weighted by Crippen LogP contribution is -2.20. The molecule has 1 heterocycles. The zero-order valence-electron chi connectivity index (χ0n) is 11.3. The van der Waals surface area contributed by atoms with Crippen LogP contribution in [0.4, 0.5) is 0 Å². The van der Waals surface area contributed by atoms with Crippen molar-refractivity contribution in [2.45, 2.75) is 26.2 Å². The van der Waals surface area contributed by atoms with Crippen LogP contribution in [0.3, 0.4) is 0 Å². The molecule has 0 N–H and O–H groups in total. The summed E-state index contributed by atoms with van der Waals surface area (Å²) in [5.74, 6) is 0. The van der Waals surface area contributed by atoms with Gasteiger partial charge in [-0.25, -0.2) is 9.97 Å². The molecule has 0 saturated heterocycles. The summed E-state index contributed by atoms with van der Waals surface area (Å²) in [6.45, 7) is 5.85. The van der Waals surface area contributed by atoms with Crippen LogP contribution in [0.2, 0.25) is 10.0 Å². The first-order chi connectivity index (χ1) is 9.36. The standard InChI is InChI=1S/C15H12Cl2N2O/c1-7-8(6-20)15(2,3)14-13(7)18-11-4-9(16)10(17)5-12(11)19-14/h4-6H,1-3H3. The second-order valence-electron chi connectivity index (χ2n) is 5.46. The van der Waals surface area contributed by atoms with Crippen molar-refractivity contribution < 1.29 is 4.79 Å². The van der Waals surface area contributed by atoms with E-state index in [1.807, 2.05) is 20.8 Å².